The van der Waals surface area contributed by atoms with Crippen molar-refractivity contribution in [3.8, 4) is 0 Å². The quantitative estimate of drug-likeness (QED) is 0.906. The van der Waals surface area contributed by atoms with Gasteiger partial charge in [-0.15, -0.1) is 0 Å². The Bertz CT molecular complexity index is 453. The van der Waals surface area contributed by atoms with Crippen LogP contribution in [0.2, 0.25) is 0 Å². The minimum atomic E-state index is -0.149. The molecule has 1 amide bonds. The van der Waals surface area contributed by atoms with Gasteiger partial charge in [0.15, 0.2) is 5.89 Å². The predicted molar refractivity (Wildman–Crippen MR) is 72.6 cm³/mol. The van der Waals surface area contributed by atoms with Crippen LogP contribution in [0.5, 0.6) is 0 Å². The molecule has 1 aliphatic rings. The van der Waals surface area contributed by atoms with Gasteiger partial charge in [0.25, 0.3) is 0 Å². The molecule has 2 heterocycles. The Hall–Kier alpha value is -1.36. The lowest BCUT2D eigenvalue weighted by molar-refractivity contribution is -0.138. The van der Waals surface area contributed by atoms with Gasteiger partial charge < -0.3 is 14.6 Å². The Labute approximate surface area is 114 Å². The number of aromatic nitrogens is 1. The van der Waals surface area contributed by atoms with Gasteiger partial charge in [0.1, 0.15) is 5.76 Å². The lowest BCUT2D eigenvalue weighted by atomic mass is 9.97. The van der Waals surface area contributed by atoms with Crippen molar-refractivity contribution >= 4 is 5.91 Å². The fourth-order valence-electron chi connectivity index (χ4n) is 2.68. The summed E-state index contributed by atoms with van der Waals surface area (Å²) in [4.78, 5) is 18.6. The van der Waals surface area contributed by atoms with Crippen molar-refractivity contribution in [2.45, 2.75) is 58.2 Å². The molecule has 1 unspecified atom stereocenters. The van der Waals surface area contributed by atoms with E-state index in [-0.39, 0.29) is 17.5 Å². The SMILES string of the molecule is CNC1CCCC(C)(C)N(Cc2cnc(C)o2)C1=O. The second-order valence-electron chi connectivity index (χ2n) is 5.82. The summed E-state index contributed by atoms with van der Waals surface area (Å²) in [5.41, 5.74) is -0.149. The first-order valence-corrected chi connectivity index (χ1v) is 6.84. The molecular formula is C14H23N3O2. The molecule has 19 heavy (non-hydrogen) atoms. The van der Waals surface area contributed by atoms with Gasteiger partial charge in [-0.05, 0) is 40.2 Å². The maximum absolute atomic E-state index is 12.6. The Kier molecular flexibility index (Phi) is 3.94. The lowest BCUT2D eigenvalue weighted by Gasteiger charge is -2.37. The smallest absolute Gasteiger partial charge is 0.240 e. The maximum atomic E-state index is 12.6. The number of hydrogen-bond acceptors (Lipinski definition) is 4. The first kappa shape index (κ1) is 14.1. The standard InChI is InChI=1S/C14H23N3O2/c1-10-16-8-11(19-10)9-17-13(18)12(15-4)6-5-7-14(17,2)3/h8,12,15H,5-7,9H2,1-4H3. The van der Waals surface area contributed by atoms with Crippen LogP contribution in [0.15, 0.2) is 10.6 Å². The fourth-order valence-corrected chi connectivity index (χ4v) is 2.68. The van der Waals surface area contributed by atoms with Crippen LogP contribution in [0, 0.1) is 6.92 Å². The molecule has 0 saturated carbocycles. The number of oxazole rings is 1. The van der Waals surface area contributed by atoms with Gasteiger partial charge >= 0.3 is 0 Å². The minimum Gasteiger partial charge on any atom is -0.444 e. The second kappa shape index (κ2) is 5.33. The number of nitrogens with zero attached hydrogens (tertiary/aromatic N) is 2. The van der Waals surface area contributed by atoms with Crippen molar-refractivity contribution in [1.29, 1.82) is 0 Å². The number of aryl methyl sites for hydroxylation is 1. The first-order valence-electron chi connectivity index (χ1n) is 6.84. The highest BCUT2D eigenvalue weighted by Gasteiger charge is 2.37. The summed E-state index contributed by atoms with van der Waals surface area (Å²) in [5.74, 6) is 1.54. The molecule has 0 radical (unpaired) electrons. The van der Waals surface area contributed by atoms with Crippen molar-refractivity contribution in [3.05, 3.63) is 17.8 Å². The zero-order valence-electron chi connectivity index (χ0n) is 12.2. The van der Waals surface area contributed by atoms with E-state index >= 15 is 0 Å². The summed E-state index contributed by atoms with van der Waals surface area (Å²) >= 11 is 0. The molecule has 1 aromatic heterocycles. The number of likely N-dealkylation sites (tertiary alicyclic amines) is 1. The number of hydrogen-bond donors (Lipinski definition) is 1. The molecule has 5 nitrogen and oxygen atoms in total. The lowest BCUT2D eigenvalue weighted by Crippen LogP contribution is -2.51. The predicted octanol–water partition coefficient (Wildman–Crippen LogP) is 1.86. The molecular weight excluding hydrogens is 242 g/mol. The van der Waals surface area contributed by atoms with Crippen molar-refractivity contribution in [3.63, 3.8) is 0 Å². The van der Waals surface area contributed by atoms with E-state index in [9.17, 15) is 4.79 Å². The largest absolute Gasteiger partial charge is 0.444 e. The highest BCUT2D eigenvalue weighted by atomic mass is 16.4. The van der Waals surface area contributed by atoms with Crippen LogP contribution >= 0.6 is 0 Å². The van der Waals surface area contributed by atoms with Crippen molar-refractivity contribution in [2.75, 3.05) is 7.05 Å². The summed E-state index contributed by atoms with van der Waals surface area (Å²) in [6.07, 6.45) is 4.66. The second-order valence-corrected chi connectivity index (χ2v) is 5.82. The van der Waals surface area contributed by atoms with Crippen LogP contribution in [0.4, 0.5) is 0 Å². The van der Waals surface area contributed by atoms with E-state index in [2.05, 4.69) is 24.1 Å². The number of carbonyl (C=O) groups is 1. The van der Waals surface area contributed by atoms with Gasteiger partial charge in [-0.1, -0.05) is 0 Å². The highest BCUT2D eigenvalue weighted by molar-refractivity contribution is 5.82. The van der Waals surface area contributed by atoms with E-state index in [0.717, 1.165) is 25.0 Å². The van der Waals surface area contributed by atoms with E-state index in [1.165, 1.54) is 0 Å². The number of carbonyl (C=O) groups excluding carboxylic acids is 1. The first-order chi connectivity index (χ1) is 8.94. The topological polar surface area (TPSA) is 58.4 Å². The Morgan fingerprint density at radius 2 is 2.32 bits per heavy atom. The molecule has 2 rings (SSSR count). The molecule has 106 valence electrons. The molecule has 0 aromatic carbocycles. The van der Waals surface area contributed by atoms with Crippen LogP contribution in [-0.2, 0) is 11.3 Å². The van der Waals surface area contributed by atoms with E-state index in [1.807, 2.05) is 18.9 Å². The third-order valence-corrected chi connectivity index (χ3v) is 3.91. The summed E-state index contributed by atoms with van der Waals surface area (Å²) in [6.45, 7) is 6.54. The van der Waals surface area contributed by atoms with E-state index in [1.54, 1.807) is 6.20 Å². The van der Waals surface area contributed by atoms with E-state index < -0.39 is 0 Å². The summed E-state index contributed by atoms with van der Waals surface area (Å²) in [7, 11) is 1.84. The molecule has 0 bridgehead atoms. The Morgan fingerprint density at radius 1 is 1.58 bits per heavy atom. The van der Waals surface area contributed by atoms with Crippen molar-refractivity contribution < 1.29 is 9.21 Å². The third-order valence-electron chi connectivity index (χ3n) is 3.91. The van der Waals surface area contributed by atoms with Crippen molar-refractivity contribution in [1.82, 2.24) is 15.2 Å². The molecule has 1 fully saturated rings. The summed E-state index contributed by atoms with van der Waals surface area (Å²) in [6, 6.07) is -0.0919. The Balaban J connectivity index is 2.23. The molecule has 0 spiro atoms. The van der Waals surface area contributed by atoms with Gasteiger partial charge in [-0.2, -0.15) is 0 Å². The molecule has 1 N–H and O–H groups in total. The zero-order chi connectivity index (χ0) is 14.0. The van der Waals surface area contributed by atoms with Crippen LogP contribution in [0.1, 0.15) is 44.8 Å². The summed E-state index contributed by atoms with van der Waals surface area (Å²) in [5, 5.41) is 3.11. The average molecular weight is 265 g/mol. The number of likely N-dealkylation sites (N-methyl/N-ethyl adjacent to an activating group) is 1. The van der Waals surface area contributed by atoms with Crippen LogP contribution in [0.25, 0.3) is 0 Å². The Morgan fingerprint density at radius 3 is 2.89 bits per heavy atom. The normalized spacial score (nSPS) is 23.5. The summed E-state index contributed by atoms with van der Waals surface area (Å²) < 4.78 is 5.51. The molecule has 1 atom stereocenters. The number of nitrogens with one attached hydrogen (secondary N) is 1. The van der Waals surface area contributed by atoms with Gasteiger partial charge in [-0.3, -0.25) is 4.79 Å². The number of rotatable bonds is 3. The molecule has 0 aliphatic carbocycles. The highest BCUT2D eigenvalue weighted by Crippen LogP contribution is 2.29. The van der Waals surface area contributed by atoms with Crippen LogP contribution < -0.4 is 5.32 Å². The molecule has 1 saturated heterocycles. The fraction of sp³-hybridized carbons (Fsp3) is 0.714. The molecule has 1 aliphatic heterocycles. The van der Waals surface area contributed by atoms with E-state index in [4.69, 9.17) is 4.42 Å². The molecule has 5 heteroatoms. The zero-order valence-corrected chi connectivity index (χ0v) is 12.2. The van der Waals surface area contributed by atoms with Gasteiger partial charge in [0.2, 0.25) is 5.91 Å². The average Bonchev–Trinajstić information content (AvgIpc) is 2.72. The maximum Gasteiger partial charge on any atom is 0.240 e. The third kappa shape index (κ3) is 2.97. The van der Waals surface area contributed by atoms with Gasteiger partial charge in [0.05, 0.1) is 18.8 Å². The number of amides is 1. The van der Waals surface area contributed by atoms with Crippen LogP contribution in [0.3, 0.4) is 0 Å². The van der Waals surface area contributed by atoms with Crippen molar-refractivity contribution in [2.24, 2.45) is 0 Å². The molecule has 1 aromatic rings. The van der Waals surface area contributed by atoms with Crippen LogP contribution in [-0.4, -0.2) is 34.4 Å². The van der Waals surface area contributed by atoms with Gasteiger partial charge in [-0.25, -0.2) is 4.98 Å². The van der Waals surface area contributed by atoms with Gasteiger partial charge in [0, 0.05) is 12.5 Å². The van der Waals surface area contributed by atoms with E-state index in [0.29, 0.717) is 12.4 Å². The monoisotopic (exact) mass is 265 g/mol. The minimum absolute atomic E-state index is 0.0919.